The number of hydrogen-bond acceptors (Lipinski definition) is 4. The Bertz CT molecular complexity index is 458. The van der Waals surface area contributed by atoms with Crippen LogP contribution in [0, 0.1) is 12.7 Å². The normalized spacial score (nSPS) is 12.7. The summed E-state index contributed by atoms with van der Waals surface area (Å²) in [5, 5.41) is 13.5. The van der Waals surface area contributed by atoms with E-state index in [1.165, 1.54) is 12.3 Å². The van der Waals surface area contributed by atoms with E-state index in [2.05, 4.69) is 9.59 Å². The Morgan fingerprint density at radius 1 is 1.47 bits per heavy atom. The Kier molecular flexibility index (Phi) is 2.75. The van der Waals surface area contributed by atoms with E-state index >= 15 is 0 Å². The van der Waals surface area contributed by atoms with Gasteiger partial charge in [0.25, 0.3) is 0 Å². The molecule has 1 aromatic heterocycles. The topological polar surface area (TPSA) is 46.0 Å². The van der Waals surface area contributed by atoms with E-state index in [0.717, 1.165) is 11.5 Å². The minimum Gasteiger partial charge on any atom is -0.383 e. The molecule has 0 aliphatic heterocycles. The molecule has 1 unspecified atom stereocenters. The van der Waals surface area contributed by atoms with Crippen LogP contribution < -0.4 is 0 Å². The van der Waals surface area contributed by atoms with Gasteiger partial charge in [-0.15, -0.1) is 5.10 Å². The number of benzene rings is 1. The van der Waals surface area contributed by atoms with Gasteiger partial charge < -0.3 is 5.11 Å². The van der Waals surface area contributed by atoms with E-state index < -0.39 is 6.10 Å². The Hall–Kier alpha value is -1.33. The van der Waals surface area contributed by atoms with Crippen LogP contribution in [0.3, 0.4) is 0 Å². The lowest BCUT2D eigenvalue weighted by atomic mass is 10.1. The van der Waals surface area contributed by atoms with Crippen LogP contribution in [0.4, 0.5) is 4.39 Å². The third kappa shape index (κ3) is 2.03. The lowest BCUT2D eigenvalue weighted by Crippen LogP contribution is -1.98. The lowest BCUT2D eigenvalue weighted by Gasteiger charge is -2.08. The molecule has 0 fully saturated rings. The first-order valence-corrected chi connectivity index (χ1v) is 5.17. The zero-order chi connectivity index (χ0) is 10.8. The van der Waals surface area contributed by atoms with Crippen molar-refractivity contribution >= 4 is 11.5 Å². The largest absolute Gasteiger partial charge is 0.383 e. The Labute approximate surface area is 90.4 Å². The van der Waals surface area contributed by atoms with Crippen LogP contribution in [-0.2, 0) is 0 Å². The fourth-order valence-electron chi connectivity index (χ4n) is 1.24. The van der Waals surface area contributed by atoms with Crippen LogP contribution in [0.25, 0.3) is 0 Å². The molecule has 0 saturated carbocycles. The van der Waals surface area contributed by atoms with Gasteiger partial charge in [-0.25, -0.2) is 4.39 Å². The van der Waals surface area contributed by atoms with Crippen LogP contribution in [0.15, 0.2) is 24.4 Å². The minimum atomic E-state index is -0.847. The van der Waals surface area contributed by atoms with Crippen LogP contribution in [0.2, 0.25) is 0 Å². The third-order valence-electron chi connectivity index (χ3n) is 2.16. The molecular weight excluding hydrogens is 215 g/mol. The first-order valence-electron chi connectivity index (χ1n) is 4.40. The number of hydrogen-bond donors (Lipinski definition) is 1. The van der Waals surface area contributed by atoms with E-state index in [-0.39, 0.29) is 5.82 Å². The second kappa shape index (κ2) is 4.04. The van der Waals surface area contributed by atoms with Crippen molar-refractivity contribution in [3.8, 4) is 0 Å². The van der Waals surface area contributed by atoms with E-state index in [1.807, 2.05) is 0 Å². The fraction of sp³-hybridized carbons (Fsp3) is 0.200. The van der Waals surface area contributed by atoms with Crippen molar-refractivity contribution in [2.75, 3.05) is 0 Å². The van der Waals surface area contributed by atoms with Gasteiger partial charge in [0.2, 0.25) is 0 Å². The molecule has 0 saturated heterocycles. The van der Waals surface area contributed by atoms with Gasteiger partial charge in [-0.1, -0.05) is 16.6 Å². The molecule has 3 nitrogen and oxygen atoms in total. The average molecular weight is 224 g/mol. The molecule has 0 amide bonds. The molecule has 5 heteroatoms. The predicted octanol–water partition coefficient (Wildman–Crippen LogP) is 2.07. The molecule has 0 aliphatic rings. The standard InChI is InChI=1S/C10H9FN2OS/c1-6-2-3-7(4-8(6)11)10(14)9-5-12-13-15-9/h2-5,10,14H,1H3. The fourth-order valence-corrected chi connectivity index (χ4v) is 1.76. The van der Waals surface area contributed by atoms with Gasteiger partial charge in [-0.2, -0.15) is 0 Å². The van der Waals surface area contributed by atoms with Crippen LogP contribution >= 0.6 is 11.5 Å². The van der Waals surface area contributed by atoms with Crippen molar-refractivity contribution in [1.82, 2.24) is 9.59 Å². The van der Waals surface area contributed by atoms with Crippen LogP contribution in [0.1, 0.15) is 22.1 Å². The zero-order valence-corrected chi connectivity index (χ0v) is 8.83. The molecule has 15 heavy (non-hydrogen) atoms. The number of aromatic nitrogens is 2. The molecule has 2 rings (SSSR count). The summed E-state index contributed by atoms with van der Waals surface area (Å²) in [5.74, 6) is -0.316. The molecule has 0 bridgehead atoms. The molecule has 1 N–H and O–H groups in total. The minimum absolute atomic E-state index is 0.316. The average Bonchev–Trinajstić information content (AvgIpc) is 2.74. The first-order chi connectivity index (χ1) is 7.18. The Balaban J connectivity index is 2.34. The summed E-state index contributed by atoms with van der Waals surface area (Å²) in [6.45, 7) is 1.68. The molecule has 2 aromatic rings. The maximum absolute atomic E-state index is 13.2. The van der Waals surface area contributed by atoms with Crippen molar-refractivity contribution < 1.29 is 9.50 Å². The summed E-state index contributed by atoms with van der Waals surface area (Å²) >= 11 is 1.10. The SMILES string of the molecule is Cc1ccc(C(O)c2cnns2)cc1F. The van der Waals surface area contributed by atoms with Crippen LogP contribution in [0.5, 0.6) is 0 Å². The van der Waals surface area contributed by atoms with Gasteiger partial charge in [0.15, 0.2) is 0 Å². The summed E-state index contributed by atoms with van der Waals surface area (Å²) < 4.78 is 16.9. The number of aliphatic hydroxyl groups excluding tert-OH is 1. The highest BCUT2D eigenvalue weighted by Gasteiger charge is 2.13. The number of rotatable bonds is 2. The highest BCUT2D eigenvalue weighted by atomic mass is 32.1. The molecule has 1 heterocycles. The second-order valence-electron chi connectivity index (χ2n) is 3.23. The summed E-state index contributed by atoms with van der Waals surface area (Å²) in [7, 11) is 0. The lowest BCUT2D eigenvalue weighted by molar-refractivity contribution is 0.223. The Morgan fingerprint density at radius 2 is 2.27 bits per heavy atom. The van der Waals surface area contributed by atoms with Gasteiger partial charge in [0, 0.05) is 0 Å². The molecule has 1 atom stereocenters. The molecular formula is C10H9FN2OS. The first kappa shape index (κ1) is 10.2. The smallest absolute Gasteiger partial charge is 0.126 e. The van der Waals surface area contributed by atoms with E-state index in [1.54, 1.807) is 19.1 Å². The van der Waals surface area contributed by atoms with Gasteiger partial charge in [-0.05, 0) is 35.6 Å². The van der Waals surface area contributed by atoms with E-state index in [0.29, 0.717) is 16.0 Å². The van der Waals surface area contributed by atoms with Crippen molar-refractivity contribution in [3.63, 3.8) is 0 Å². The maximum atomic E-state index is 13.2. The molecule has 0 radical (unpaired) electrons. The summed E-state index contributed by atoms with van der Waals surface area (Å²) in [6, 6.07) is 4.67. The van der Waals surface area contributed by atoms with Crippen LogP contribution in [-0.4, -0.2) is 14.7 Å². The van der Waals surface area contributed by atoms with Gasteiger partial charge in [-0.3, -0.25) is 0 Å². The van der Waals surface area contributed by atoms with Crippen molar-refractivity contribution in [3.05, 3.63) is 46.2 Å². The van der Waals surface area contributed by atoms with E-state index in [9.17, 15) is 9.50 Å². The monoisotopic (exact) mass is 224 g/mol. The quantitative estimate of drug-likeness (QED) is 0.849. The Morgan fingerprint density at radius 3 is 2.87 bits per heavy atom. The van der Waals surface area contributed by atoms with Gasteiger partial charge in [0.05, 0.1) is 11.1 Å². The highest BCUT2D eigenvalue weighted by molar-refractivity contribution is 7.05. The summed E-state index contributed by atoms with van der Waals surface area (Å²) in [5.41, 5.74) is 1.08. The molecule has 78 valence electrons. The maximum Gasteiger partial charge on any atom is 0.126 e. The number of halogens is 1. The predicted molar refractivity (Wildman–Crippen MR) is 55.1 cm³/mol. The summed E-state index contributed by atoms with van der Waals surface area (Å²) in [4.78, 5) is 0.609. The second-order valence-corrected chi connectivity index (χ2v) is 4.05. The van der Waals surface area contributed by atoms with Gasteiger partial charge in [0.1, 0.15) is 11.9 Å². The van der Waals surface area contributed by atoms with Crippen molar-refractivity contribution in [2.24, 2.45) is 0 Å². The number of aryl methyl sites for hydroxylation is 1. The number of nitrogens with zero attached hydrogens (tertiary/aromatic N) is 2. The van der Waals surface area contributed by atoms with Crippen molar-refractivity contribution in [2.45, 2.75) is 13.0 Å². The van der Waals surface area contributed by atoms with Gasteiger partial charge >= 0.3 is 0 Å². The molecule has 0 aliphatic carbocycles. The highest BCUT2D eigenvalue weighted by Crippen LogP contribution is 2.24. The third-order valence-corrected chi connectivity index (χ3v) is 2.87. The number of aliphatic hydroxyl groups is 1. The van der Waals surface area contributed by atoms with E-state index in [4.69, 9.17) is 0 Å². The molecule has 0 spiro atoms. The zero-order valence-electron chi connectivity index (χ0n) is 8.01. The summed E-state index contributed by atoms with van der Waals surface area (Å²) in [6.07, 6.45) is 0.632. The molecule has 1 aromatic carbocycles. The van der Waals surface area contributed by atoms with Crippen molar-refractivity contribution in [1.29, 1.82) is 0 Å².